The Labute approximate surface area is 94.5 Å². The molecular formula is C10H10ClNO2S. The highest BCUT2D eigenvalue weighted by Crippen LogP contribution is 2.19. The quantitative estimate of drug-likeness (QED) is 0.819. The van der Waals surface area contributed by atoms with Gasteiger partial charge in [0.25, 0.3) is 0 Å². The molecule has 0 aromatic heterocycles. The lowest BCUT2D eigenvalue weighted by Gasteiger charge is -2.05. The first-order chi connectivity index (χ1) is 6.97. The smallest absolute Gasteiger partial charge is 0.207 e. The molecular weight excluding hydrogens is 234 g/mol. The lowest BCUT2D eigenvalue weighted by atomic mass is 10.2. The molecule has 0 saturated heterocycles. The van der Waals surface area contributed by atoms with Crippen LogP contribution in [0.1, 0.15) is 5.56 Å². The zero-order chi connectivity index (χ0) is 11.5. The Morgan fingerprint density at radius 3 is 2.73 bits per heavy atom. The van der Waals surface area contributed by atoms with Crippen molar-refractivity contribution >= 4 is 21.6 Å². The lowest BCUT2D eigenvalue weighted by molar-refractivity contribution is 0.586. The summed E-state index contributed by atoms with van der Waals surface area (Å²) in [7, 11) is -3.54. The van der Waals surface area contributed by atoms with E-state index in [0.29, 0.717) is 5.02 Å². The Bertz CT molecular complexity index is 503. The molecule has 1 rings (SSSR count). The molecule has 5 heteroatoms. The second-order valence-corrected chi connectivity index (χ2v) is 5.11. The Hall–Kier alpha value is -1.02. The predicted molar refractivity (Wildman–Crippen MR) is 60.2 cm³/mol. The third-order valence-corrected chi connectivity index (χ3v) is 3.62. The number of benzene rings is 1. The van der Waals surface area contributed by atoms with Gasteiger partial charge >= 0.3 is 0 Å². The van der Waals surface area contributed by atoms with E-state index < -0.39 is 10.0 Å². The maximum absolute atomic E-state index is 11.6. The van der Waals surface area contributed by atoms with Crippen molar-refractivity contribution in [2.45, 2.75) is 11.8 Å². The van der Waals surface area contributed by atoms with Gasteiger partial charge in [0.2, 0.25) is 10.0 Å². The van der Waals surface area contributed by atoms with Gasteiger partial charge in [-0.3, -0.25) is 0 Å². The number of terminal acetylenes is 1. The van der Waals surface area contributed by atoms with Crippen molar-refractivity contribution in [2.24, 2.45) is 0 Å². The molecule has 1 aromatic rings. The van der Waals surface area contributed by atoms with Crippen LogP contribution in [-0.4, -0.2) is 15.0 Å². The van der Waals surface area contributed by atoms with E-state index in [4.69, 9.17) is 18.0 Å². The van der Waals surface area contributed by atoms with E-state index in [1.807, 2.05) is 0 Å². The first-order valence-electron chi connectivity index (χ1n) is 4.16. The number of nitrogens with one attached hydrogen (secondary N) is 1. The maximum atomic E-state index is 11.6. The Balaban J connectivity index is 3.07. The highest BCUT2D eigenvalue weighted by Gasteiger charge is 2.13. The molecule has 3 nitrogen and oxygen atoms in total. The Morgan fingerprint density at radius 2 is 2.20 bits per heavy atom. The molecule has 15 heavy (non-hydrogen) atoms. The Morgan fingerprint density at radius 1 is 1.53 bits per heavy atom. The highest BCUT2D eigenvalue weighted by atomic mass is 35.5. The molecule has 0 fully saturated rings. The molecule has 0 aliphatic heterocycles. The molecule has 0 aliphatic carbocycles. The highest BCUT2D eigenvalue weighted by molar-refractivity contribution is 7.89. The predicted octanol–water partition coefficient (Wildman–Crippen LogP) is 1.56. The van der Waals surface area contributed by atoms with E-state index in [2.05, 4.69) is 10.6 Å². The normalized spacial score (nSPS) is 11.0. The van der Waals surface area contributed by atoms with Gasteiger partial charge in [-0.25, -0.2) is 8.42 Å². The lowest BCUT2D eigenvalue weighted by Crippen LogP contribution is -2.23. The van der Waals surface area contributed by atoms with Crippen LogP contribution >= 0.6 is 11.6 Å². The molecule has 0 spiro atoms. The molecule has 0 radical (unpaired) electrons. The third-order valence-electron chi connectivity index (χ3n) is 1.82. The van der Waals surface area contributed by atoms with Gasteiger partial charge in [0.05, 0.1) is 11.4 Å². The van der Waals surface area contributed by atoms with Gasteiger partial charge in [-0.15, -0.1) is 6.42 Å². The maximum Gasteiger partial charge on any atom is 0.241 e. The van der Waals surface area contributed by atoms with Crippen molar-refractivity contribution < 1.29 is 8.42 Å². The van der Waals surface area contributed by atoms with Gasteiger partial charge in [0, 0.05) is 5.02 Å². The van der Waals surface area contributed by atoms with E-state index in [-0.39, 0.29) is 11.4 Å². The largest absolute Gasteiger partial charge is 0.241 e. The summed E-state index contributed by atoms with van der Waals surface area (Å²) in [5.74, 6) is 2.20. The molecule has 1 aromatic carbocycles. The number of aryl methyl sites for hydroxylation is 1. The van der Waals surface area contributed by atoms with Gasteiger partial charge in [0.1, 0.15) is 0 Å². The van der Waals surface area contributed by atoms with Crippen LogP contribution in [-0.2, 0) is 10.0 Å². The van der Waals surface area contributed by atoms with Gasteiger partial charge < -0.3 is 0 Å². The first-order valence-corrected chi connectivity index (χ1v) is 6.03. The van der Waals surface area contributed by atoms with E-state index >= 15 is 0 Å². The van der Waals surface area contributed by atoms with Crippen molar-refractivity contribution in [1.82, 2.24) is 4.72 Å². The van der Waals surface area contributed by atoms with E-state index in [0.717, 1.165) is 5.56 Å². The van der Waals surface area contributed by atoms with Crippen LogP contribution in [0.3, 0.4) is 0 Å². The monoisotopic (exact) mass is 243 g/mol. The molecule has 0 aliphatic rings. The topological polar surface area (TPSA) is 46.2 Å². The third kappa shape index (κ3) is 2.96. The van der Waals surface area contributed by atoms with Gasteiger partial charge in [-0.1, -0.05) is 23.6 Å². The van der Waals surface area contributed by atoms with Crippen molar-refractivity contribution in [3.05, 3.63) is 28.8 Å². The van der Waals surface area contributed by atoms with Crippen molar-refractivity contribution in [3.63, 3.8) is 0 Å². The summed E-state index contributed by atoms with van der Waals surface area (Å²) in [6.07, 6.45) is 4.96. The number of sulfonamides is 1. The minimum atomic E-state index is -3.54. The molecule has 0 heterocycles. The molecule has 0 atom stereocenters. The number of halogens is 1. The minimum Gasteiger partial charge on any atom is -0.207 e. The molecule has 0 bridgehead atoms. The zero-order valence-corrected chi connectivity index (χ0v) is 9.69. The zero-order valence-electron chi connectivity index (χ0n) is 8.12. The van der Waals surface area contributed by atoms with Gasteiger partial charge in [-0.05, 0) is 24.6 Å². The van der Waals surface area contributed by atoms with Crippen LogP contribution in [0.25, 0.3) is 0 Å². The van der Waals surface area contributed by atoms with E-state index in [9.17, 15) is 8.42 Å². The summed E-state index contributed by atoms with van der Waals surface area (Å²) in [6.45, 7) is 1.77. The Kier molecular flexibility index (Phi) is 3.75. The second-order valence-electron chi connectivity index (χ2n) is 2.94. The fraction of sp³-hybridized carbons (Fsp3) is 0.200. The number of hydrogen-bond acceptors (Lipinski definition) is 2. The van der Waals surface area contributed by atoms with Crippen LogP contribution in [0, 0.1) is 19.3 Å². The van der Waals surface area contributed by atoms with Gasteiger partial charge in [0.15, 0.2) is 0 Å². The standard InChI is InChI=1S/C10H10ClNO2S/c1-3-6-12-15(13,14)9-5-4-8(2)10(11)7-9/h1,4-5,7,12H,6H2,2H3. The fourth-order valence-corrected chi connectivity index (χ4v) is 2.17. The average Bonchev–Trinajstić information content (AvgIpc) is 2.19. The van der Waals surface area contributed by atoms with Crippen molar-refractivity contribution in [2.75, 3.05) is 6.54 Å². The second kappa shape index (κ2) is 4.67. The van der Waals surface area contributed by atoms with E-state index in [1.165, 1.54) is 12.1 Å². The molecule has 80 valence electrons. The summed E-state index contributed by atoms with van der Waals surface area (Å²) in [6, 6.07) is 4.53. The average molecular weight is 244 g/mol. The minimum absolute atomic E-state index is 0.0339. The van der Waals surface area contributed by atoms with Crippen LogP contribution in [0.4, 0.5) is 0 Å². The molecule has 1 N–H and O–H groups in total. The summed E-state index contributed by atoms with van der Waals surface area (Å²) in [5.41, 5.74) is 0.826. The van der Waals surface area contributed by atoms with Crippen molar-refractivity contribution in [1.29, 1.82) is 0 Å². The molecule has 0 saturated carbocycles. The van der Waals surface area contributed by atoms with Gasteiger partial charge in [-0.2, -0.15) is 4.72 Å². The van der Waals surface area contributed by atoms with E-state index in [1.54, 1.807) is 13.0 Å². The van der Waals surface area contributed by atoms with Crippen molar-refractivity contribution in [3.8, 4) is 12.3 Å². The molecule has 0 amide bonds. The van der Waals surface area contributed by atoms with Crippen LogP contribution in [0.5, 0.6) is 0 Å². The summed E-state index contributed by atoms with van der Waals surface area (Å²) in [4.78, 5) is 0.119. The summed E-state index contributed by atoms with van der Waals surface area (Å²) >= 11 is 5.82. The van der Waals surface area contributed by atoms with Crippen LogP contribution in [0.2, 0.25) is 5.02 Å². The summed E-state index contributed by atoms with van der Waals surface area (Å²) < 4.78 is 25.4. The number of rotatable bonds is 3. The van der Waals surface area contributed by atoms with Crippen LogP contribution in [0.15, 0.2) is 23.1 Å². The van der Waals surface area contributed by atoms with Crippen LogP contribution < -0.4 is 4.72 Å². The summed E-state index contributed by atoms with van der Waals surface area (Å²) in [5, 5.41) is 0.415. The molecule has 0 unspecified atom stereocenters. The fourth-order valence-electron chi connectivity index (χ4n) is 0.961. The number of hydrogen-bond donors (Lipinski definition) is 1. The SMILES string of the molecule is C#CCNS(=O)(=O)c1ccc(C)c(Cl)c1. The first kappa shape index (κ1) is 12.1.